The smallest absolute Gasteiger partial charge is 0.247 e. The van der Waals surface area contributed by atoms with Gasteiger partial charge in [0.1, 0.15) is 5.69 Å². The van der Waals surface area contributed by atoms with Crippen molar-refractivity contribution in [3.05, 3.63) is 59.0 Å². The largest absolute Gasteiger partial charge is 0.290 e. The summed E-state index contributed by atoms with van der Waals surface area (Å²) < 4.78 is 23.2. The second kappa shape index (κ2) is 6.78. The molecule has 0 N–H and O–H groups in total. The van der Waals surface area contributed by atoms with Crippen molar-refractivity contribution in [3.8, 4) is 6.07 Å². The molecule has 26 heavy (non-hydrogen) atoms. The molecule has 7 nitrogen and oxygen atoms in total. The average Bonchev–Trinajstić information content (AvgIpc) is 2.61. The summed E-state index contributed by atoms with van der Waals surface area (Å²) in [5, 5.41) is 9.68. The summed E-state index contributed by atoms with van der Waals surface area (Å²) in [6, 6.07) is 12.5. The minimum atomic E-state index is -3.73. The normalized spacial score (nSPS) is 12.5. The molecule has 0 aliphatic heterocycles. The molecule has 0 spiro atoms. The third-order valence-corrected chi connectivity index (χ3v) is 4.73. The maximum Gasteiger partial charge on any atom is 0.247 e. The van der Waals surface area contributed by atoms with Crippen molar-refractivity contribution in [3.63, 3.8) is 0 Å². The minimum Gasteiger partial charge on any atom is -0.290 e. The van der Waals surface area contributed by atoms with Crippen LogP contribution < -0.4 is 0 Å². The third-order valence-electron chi connectivity index (χ3n) is 3.59. The zero-order valence-electron chi connectivity index (χ0n) is 13.4. The molecule has 9 heteroatoms. The van der Waals surface area contributed by atoms with Gasteiger partial charge in [-0.3, -0.25) is 9.78 Å². The van der Waals surface area contributed by atoms with Gasteiger partial charge < -0.3 is 0 Å². The molecule has 0 aliphatic carbocycles. The second-order valence-corrected chi connectivity index (χ2v) is 7.79. The number of nitrogens with zero attached hydrogens (tertiary/aromatic N) is 4. The van der Waals surface area contributed by atoms with E-state index in [1.807, 2.05) is 18.2 Å². The Hall–Kier alpha value is -2.89. The number of halogens is 1. The minimum absolute atomic E-state index is 0.136. The predicted molar refractivity (Wildman–Crippen MR) is 94.6 cm³/mol. The number of benzene rings is 1. The van der Waals surface area contributed by atoms with E-state index in [0.717, 1.165) is 17.8 Å². The van der Waals surface area contributed by atoms with Gasteiger partial charge in [0.25, 0.3) is 0 Å². The van der Waals surface area contributed by atoms with E-state index in [2.05, 4.69) is 15.0 Å². The summed E-state index contributed by atoms with van der Waals surface area (Å²) in [4.78, 5) is 24.5. The Morgan fingerprint density at radius 2 is 1.92 bits per heavy atom. The number of para-hydroxylation sites is 1. The van der Waals surface area contributed by atoms with E-state index >= 15 is 0 Å². The first-order valence-corrected chi connectivity index (χ1v) is 9.60. The first-order chi connectivity index (χ1) is 12.3. The molecular weight excluding hydrogens is 376 g/mol. The number of sulfone groups is 1. The third kappa shape index (κ3) is 3.40. The molecule has 0 fully saturated rings. The van der Waals surface area contributed by atoms with Gasteiger partial charge in [-0.05, 0) is 12.1 Å². The molecule has 0 amide bonds. The molecular formula is C17H11ClN4O3S. The molecule has 3 rings (SSSR count). The van der Waals surface area contributed by atoms with Crippen molar-refractivity contribution in [2.75, 3.05) is 6.26 Å². The standard InChI is InChI=1S/C17H11ClN4O3S/c1-26(24,25)17-20-9-12(18)15(22-17)16(23)11(8-19)14-7-6-10-4-2-3-5-13(10)21-14/h2-7,9,11H,1H3/t11-/m1/s1. The summed E-state index contributed by atoms with van der Waals surface area (Å²) in [6.45, 7) is 0. The van der Waals surface area contributed by atoms with Crippen LogP contribution in [0.3, 0.4) is 0 Å². The highest BCUT2D eigenvalue weighted by atomic mass is 35.5. The van der Waals surface area contributed by atoms with Crippen molar-refractivity contribution in [1.82, 2.24) is 15.0 Å². The van der Waals surface area contributed by atoms with Crippen molar-refractivity contribution < 1.29 is 13.2 Å². The van der Waals surface area contributed by atoms with Crippen LogP contribution in [0.5, 0.6) is 0 Å². The number of hydrogen-bond donors (Lipinski definition) is 0. The fourth-order valence-corrected chi connectivity index (χ4v) is 3.03. The van der Waals surface area contributed by atoms with E-state index in [0.29, 0.717) is 5.52 Å². The maximum absolute atomic E-state index is 12.8. The number of nitriles is 1. The molecule has 0 unspecified atom stereocenters. The predicted octanol–water partition coefficient (Wildman–Crippen LogP) is 2.57. The molecule has 3 aromatic rings. The number of fused-ring (bicyclic) bond motifs is 1. The summed E-state index contributed by atoms with van der Waals surface area (Å²) >= 11 is 5.95. The lowest BCUT2D eigenvalue weighted by Gasteiger charge is -2.10. The summed E-state index contributed by atoms with van der Waals surface area (Å²) in [5.41, 5.74) is 0.527. The van der Waals surface area contributed by atoms with Crippen LogP contribution in [0.4, 0.5) is 0 Å². The molecule has 130 valence electrons. The van der Waals surface area contributed by atoms with Crippen LogP contribution in [0, 0.1) is 11.3 Å². The van der Waals surface area contributed by atoms with Gasteiger partial charge in [0, 0.05) is 11.6 Å². The van der Waals surface area contributed by atoms with Gasteiger partial charge in [0.05, 0.1) is 28.5 Å². The summed E-state index contributed by atoms with van der Waals surface area (Å²) in [7, 11) is -3.73. The van der Waals surface area contributed by atoms with Crippen LogP contribution in [0.1, 0.15) is 22.1 Å². The van der Waals surface area contributed by atoms with Crippen LogP contribution >= 0.6 is 11.6 Å². The second-order valence-electron chi connectivity index (χ2n) is 5.48. The van der Waals surface area contributed by atoms with Crippen molar-refractivity contribution in [2.24, 2.45) is 0 Å². The lowest BCUT2D eigenvalue weighted by Crippen LogP contribution is -2.17. The number of carbonyl (C=O) groups excluding carboxylic acids is 1. The fourth-order valence-electron chi connectivity index (χ4n) is 2.34. The van der Waals surface area contributed by atoms with Gasteiger partial charge >= 0.3 is 0 Å². The van der Waals surface area contributed by atoms with E-state index in [4.69, 9.17) is 11.6 Å². The zero-order chi connectivity index (χ0) is 18.9. The van der Waals surface area contributed by atoms with E-state index in [1.165, 1.54) is 0 Å². The van der Waals surface area contributed by atoms with Gasteiger partial charge in [-0.15, -0.1) is 0 Å². The lowest BCUT2D eigenvalue weighted by molar-refractivity contribution is 0.0972. The molecule has 0 saturated carbocycles. The number of pyridine rings is 1. The molecule has 2 aromatic heterocycles. The first kappa shape index (κ1) is 17.9. The summed E-state index contributed by atoms with van der Waals surface area (Å²) in [6.07, 6.45) is 1.94. The number of carbonyl (C=O) groups is 1. The van der Waals surface area contributed by atoms with E-state index in [-0.39, 0.29) is 16.4 Å². The van der Waals surface area contributed by atoms with Crippen LogP contribution in [0.25, 0.3) is 10.9 Å². The van der Waals surface area contributed by atoms with Crippen LogP contribution in [0.2, 0.25) is 5.02 Å². The topological polar surface area (TPSA) is 114 Å². The fraction of sp³-hybridized carbons (Fsp3) is 0.118. The SMILES string of the molecule is CS(=O)(=O)c1ncc(Cl)c(C(=O)[C@H](C#N)c2ccc3ccccc3n2)n1. The molecule has 0 saturated heterocycles. The van der Waals surface area contributed by atoms with Gasteiger partial charge in [0.2, 0.25) is 20.8 Å². The Labute approximate surface area is 154 Å². The summed E-state index contributed by atoms with van der Waals surface area (Å²) in [5.74, 6) is -2.02. The van der Waals surface area contributed by atoms with Crippen LogP contribution in [-0.2, 0) is 9.84 Å². The zero-order valence-corrected chi connectivity index (χ0v) is 15.0. The number of aromatic nitrogens is 3. The average molecular weight is 387 g/mol. The number of hydrogen-bond acceptors (Lipinski definition) is 7. The number of rotatable bonds is 4. The van der Waals surface area contributed by atoms with Gasteiger partial charge in [-0.25, -0.2) is 18.4 Å². The van der Waals surface area contributed by atoms with E-state index < -0.39 is 26.7 Å². The Morgan fingerprint density at radius 3 is 2.62 bits per heavy atom. The molecule has 0 bridgehead atoms. The van der Waals surface area contributed by atoms with Gasteiger partial charge in [-0.2, -0.15) is 5.26 Å². The van der Waals surface area contributed by atoms with Gasteiger partial charge in [-0.1, -0.05) is 35.9 Å². The molecule has 0 aliphatic rings. The number of Topliss-reactive ketones (excluding diaryl/α,β-unsaturated/α-hetero) is 1. The highest BCUT2D eigenvalue weighted by Gasteiger charge is 2.28. The molecule has 0 radical (unpaired) electrons. The maximum atomic E-state index is 12.8. The van der Waals surface area contributed by atoms with E-state index in [9.17, 15) is 18.5 Å². The first-order valence-electron chi connectivity index (χ1n) is 7.33. The number of ketones is 1. The van der Waals surface area contributed by atoms with Gasteiger partial charge in [0.15, 0.2) is 5.92 Å². The van der Waals surface area contributed by atoms with Crippen LogP contribution in [0.15, 0.2) is 47.8 Å². The molecule has 2 heterocycles. The molecule has 1 aromatic carbocycles. The monoisotopic (exact) mass is 386 g/mol. The van der Waals surface area contributed by atoms with E-state index in [1.54, 1.807) is 24.3 Å². The Balaban J connectivity index is 2.08. The highest BCUT2D eigenvalue weighted by molar-refractivity contribution is 7.90. The van der Waals surface area contributed by atoms with Crippen LogP contribution in [-0.4, -0.2) is 35.4 Å². The highest BCUT2D eigenvalue weighted by Crippen LogP contribution is 2.24. The lowest BCUT2D eigenvalue weighted by atomic mass is 9.98. The Morgan fingerprint density at radius 1 is 1.19 bits per heavy atom. The molecule has 1 atom stereocenters. The van der Waals surface area contributed by atoms with Crippen molar-refractivity contribution >= 4 is 38.1 Å². The van der Waals surface area contributed by atoms with Crippen molar-refractivity contribution in [1.29, 1.82) is 5.26 Å². The quantitative estimate of drug-likeness (QED) is 0.500. The Bertz CT molecular complexity index is 1170. The van der Waals surface area contributed by atoms with Crippen molar-refractivity contribution in [2.45, 2.75) is 11.1 Å². The Kier molecular flexibility index (Phi) is 4.68.